The molecule has 9 heteroatoms. The molecule has 8 nitrogen and oxygen atoms in total. The van der Waals surface area contributed by atoms with Crippen LogP contribution in [0.2, 0.25) is 0 Å². The number of rotatable bonds is 6. The molecule has 1 N–H and O–H groups in total. The van der Waals surface area contributed by atoms with Crippen LogP contribution >= 0.6 is 0 Å². The zero-order chi connectivity index (χ0) is 15.3. The van der Waals surface area contributed by atoms with Crippen molar-refractivity contribution < 1.29 is 22.9 Å². The summed E-state index contributed by atoms with van der Waals surface area (Å²) in [6.07, 6.45) is 0. The van der Waals surface area contributed by atoms with Gasteiger partial charge in [0.05, 0.1) is 16.4 Å². The number of nitrogens with one attached hydrogen (secondary N) is 1. The van der Waals surface area contributed by atoms with E-state index in [1.807, 2.05) is 0 Å². The molecule has 1 aromatic carbocycles. The summed E-state index contributed by atoms with van der Waals surface area (Å²) in [4.78, 5) is 21.0. The summed E-state index contributed by atoms with van der Waals surface area (Å²) in [6.45, 7) is 2.70. The summed E-state index contributed by atoms with van der Waals surface area (Å²) < 4.78 is 30.6. The number of aryl methyl sites for hydroxylation is 1. The second-order valence-corrected chi connectivity index (χ2v) is 5.57. The summed E-state index contributed by atoms with van der Waals surface area (Å²) in [5.74, 6) is -0.698. The van der Waals surface area contributed by atoms with E-state index in [9.17, 15) is 23.3 Å². The summed E-state index contributed by atoms with van der Waals surface area (Å²) in [5.41, 5.74) is 0.0161. The number of benzene rings is 1. The Morgan fingerprint density at radius 3 is 2.60 bits per heavy atom. The molecule has 0 atom stereocenters. The third-order valence-corrected chi connectivity index (χ3v) is 3.93. The molecule has 0 aliphatic carbocycles. The molecule has 0 spiro atoms. The van der Waals surface area contributed by atoms with Crippen molar-refractivity contribution in [1.29, 1.82) is 0 Å². The van der Waals surface area contributed by atoms with E-state index in [4.69, 9.17) is 0 Å². The molecule has 20 heavy (non-hydrogen) atoms. The fourth-order valence-electron chi connectivity index (χ4n) is 1.49. The van der Waals surface area contributed by atoms with Crippen LogP contribution in [-0.4, -0.2) is 32.5 Å². The maximum absolute atomic E-state index is 12.0. The Kier molecular flexibility index (Phi) is 5.17. The third kappa shape index (κ3) is 4.00. The van der Waals surface area contributed by atoms with Crippen molar-refractivity contribution >= 4 is 21.7 Å². The Morgan fingerprint density at radius 2 is 2.10 bits per heavy atom. The Bertz CT molecular complexity index is 626. The average molecular weight is 302 g/mol. The second kappa shape index (κ2) is 6.44. The molecular weight excluding hydrogens is 288 g/mol. The van der Waals surface area contributed by atoms with E-state index in [1.165, 1.54) is 6.92 Å². The number of hydrogen-bond acceptors (Lipinski definition) is 6. The number of nitrogens with zero attached hydrogens (tertiary/aromatic N) is 1. The van der Waals surface area contributed by atoms with Crippen molar-refractivity contribution in [2.75, 3.05) is 13.2 Å². The van der Waals surface area contributed by atoms with E-state index < -0.39 is 27.5 Å². The largest absolute Gasteiger partial charge is 0.465 e. The summed E-state index contributed by atoms with van der Waals surface area (Å²) in [5, 5.41) is 10.6. The van der Waals surface area contributed by atoms with Gasteiger partial charge in [-0.05, 0) is 25.5 Å². The van der Waals surface area contributed by atoms with Gasteiger partial charge in [-0.3, -0.25) is 14.9 Å². The fraction of sp³-hybridized carbons (Fsp3) is 0.364. The van der Waals surface area contributed by atoms with Crippen molar-refractivity contribution in [1.82, 2.24) is 4.72 Å². The predicted molar refractivity (Wildman–Crippen MR) is 69.7 cm³/mol. The maximum atomic E-state index is 12.0. The first kappa shape index (κ1) is 16.1. The zero-order valence-corrected chi connectivity index (χ0v) is 11.8. The van der Waals surface area contributed by atoms with Crippen molar-refractivity contribution in [3.05, 3.63) is 33.9 Å². The van der Waals surface area contributed by atoms with Crippen molar-refractivity contribution in [3.8, 4) is 0 Å². The highest BCUT2D eigenvalue weighted by atomic mass is 32.2. The molecule has 0 aliphatic rings. The molecule has 0 saturated carbocycles. The van der Waals surface area contributed by atoms with E-state index in [1.54, 1.807) is 6.92 Å². The van der Waals surface area contributed by atoms with Gasteiger partial charge in [-0.15, -0.1) is 0 Å². The number of sulfonamides is 1. The van der Waals surface area contributed by atoms with Crippen LogP contribution in [0.4, 0.5) is 5.69 Å². The first-order valence-electron chi connectivity index (χ1n) is 5.68. The van der Waals surface area contributed by atoms with E-state index >= 15 is 0 Å². The van der Waals surface area contributed by atoms with Crippen molar-refractivity contribution in [2.45, 2.75) is 18.7 Å². The Balaban J connectivity index is 2.93. The summed E-state index contributed by atoms with van der Waals surface area (Å²) in [6, 6.07) is 3.37. The number of esters is 1. The van der Waals surface area contributed by atoms with Gasteiger partial charge in [-0.25, -0.2) is 8.42 Å². The molecule has 0 unspecified atom stereocenters. The SMILES string of the molecule is CCOC(=O)CNS(=O)(=O)c1ccc([N+](=O)[O-])cc1C. The molecule has 0 radical (unpaired) electrons. The lowest BCUT2D eigenvalue weighted by molar-refractivity contribution is -0.385. The van der Waals surface area contributed by atoms with E-state index in [0.29, 0.717) is 0 Å². The molecule has 0 fully saturated rings. The highest BCUT2D eigenvalue weighted by Crippen LogP contribution is 2.20. The van der Waals surface area contributed by atoms with Gasteiger partial charge >= 0.3 is 5.97 Å². The first-order valence-corrected chi connectivity index (χ1v) is 7.16. The number of hydrogen-bond donors (Lipinski definition) is 1. The second-order valence-electron chi connectivity index (χ2n) is 3.84. The summed E-state index contributed by atoms with van der Waals surface area (Å²) >= 11 is 0. The van der Waals surface area contributed by atoms with E-state index in [-0.39, 0.29) is 22.8 Å². The van der Waals surface area contributed by atoms with Crippen LogP contribution in [0.15, 0.2) is 23.1 Å². The molecule has 110 valence electrons. The van der Waals surface area contributed by atoms with Crippen LogP contribution in [-0.2, 0) is 19.6 Å². The fourth-order valence-corrected chi connectivity index (χ4v) is 2.69. The van der Waals surface area contributed by atoms with Gasteiger partial charge in [-0.1, -0.05) is 0 Å². The van der Waals surface area contributed by atoms with E-state index in [0.717, 1.165) is 18.2 Å². The number of nitro benzene ring substituents is 1. The molecule has 0 saturated heterocycles. The summed E-state index contributed by atoms with van der Waals surface area (Å²) in [7, 11) is -3.92. The molecule has 1 rings (SSSR count). The standard InChI is InChI=1S/C11H14N2O6S/c1-3-19-11(14)7-12-20(17,18)10-5-4-9(13(15)16)6-8(10)2/h4-6,12H,3,7H2,1-2H3. The van der Waals surface area contributed by atoms with Crippen molar-refractivity contribution in [2.24, 2.45) is 0 Å². The zero-order valence-electron chi connectivity index (χ0n) is 11.0. The molecular formula is C11H14N2O6S. The van der Waals surface area contributed by atoms with Gasteiger partial charge in [0.15, 0.2) is 0 Å². The van der Waals surface area contributed by atoms with Gasteiger partial charge in [0.25, 0.3) is 5.69 Å². The van der Waals surface area contributed by atoms with Gasteiger partial charge in [0, 0.05) is 12.1 Å². The lowest BCUT2D eigenvalue weighted by Gasteiger charge is -2.08. The van der Waals surface area contributed by atoms with Crippen molar-refractivity contribution in [3.63, 3.8) is 0 Å². The Morgan fingerprint density at radius 1 is 1.45 bits per heavy atom. The molecule has 0 bridgehead atoms. The highest BCUT2D eigenvalue weighted by molar-refractivity contribution is 7.89. The first-order chi connectivity index (χ1) is 9.27. The van der Waals surface area contributed by atoms with Gasteiger partial charge in [-0.2, -0.15) is 4.72 Å². The minimum atomic E-state index is -3.92. The van der Waals surface area contributed by atoms with Gasteiger partial charge in [0.1, 0.15) is 6.54 Å². The smallest absolute Gasteiger partial charge is 0.321 e. The predicted octanol–water partition coefficient (Wildman–Crippen LogP) is 0.745. The number of ether oxygens (including phenoxy) is 1. The molecule has 1 aromatic rings. The third-order valence-electron chi connectivity index (χ3n) is 2.37. The minimum Gasteiger partial charge on any atom is -0.465 e. The molecule has 0 heterocycles. The number of carbonyl (C=O) groups is 1. The van der Waals surface area contributed by atoms with Gasteiger partial charge in [0.2, 0.25) is 10.0 Å². The van der Waals surface area contributed by atoms with Crippen LogP contribution in [0.3, 0.4) is 0 Å². The number of carbonyl (C=O) groups excluding carboxylic acids is 1. The lowest BCUT2D eigenvalue weighted by Crippen LogP contribution is -2.31. The Labute approximate surface area is 115 Å². The van der Waals surface area contributed by atoms with Gasteiger partial charge < -0.3 is 4.74 Å². The molecule has 0 amide bonds. The number of non-ortho nitro benzene ring substituents is 1. The minimum absolute atomic E-state index is 0.118. The lowest BCUT2D eigenvalue weighted by atomic mass is 10.2. The quantitative estimate of drug-likeness (QED) is 0.471. The topological polar surface area (TPSA) is 116 Å². The molecule has 0 aromatic heterocycles. The molecule has 0 aliphatic heterocycles. The van der Waals surface area contributed by atoms with Crippen LogP contribution in [0.25, 0.3) is 0 Å². The van der Waals surface area contributed by atoms with Crippen LogP contribution in [0.5, 0.6) is 0 Å². The Hall–Kier alpha value is -2.00. The average Bonchev–Trinajstić information content (AvgIpc) is 2.36. The number of nitro groups is 1. The van der Waals surface area contributed by atoms with Crippen LogP contribution < -0.4 is 4.72 Å². The van der Waals surface area contributed by atoms with Crippen LogP contribution in [0, 0.1) is 17.0 Å². The van der Waals surface area contributed by atoms with Crippen LogP contribution in [0.1, 0.15) is 12.5 Å². The van der Waals surface area contributed by atoms with E-state index in [2.05, 4.69) is 9.46 Å². The highest BCUT2D eigenvalue weighted by Gasteiger charge is 2.20. The monoisotopic (exact) mass is 302 g/mol. The maximum Gasteiger partial charge on any atom is 0.321 e. The normalized spacial score (nSPS) is 11.1.